The molecular formula is C25H24FN3O3S2. The van der Waals surface area contributed by atoms with E-state index in [-0.39, 0.29) is 22.9 Å². The highest BCUT2D eigenvalue weighted by molar-refractivity contribution is 7.99. The van der Waals surface area contributed by atoms with Crippen molar-refractivity contribution >= 4 is 39.2 Å². The molecule has 0 bridgehead atoms. The number of nitrogens with zero attached hydrogens (tertiary/aromatic N) is 3. The summed E-state index contributed by atoms with van der Waals surface area (Å²) in [5.41, 5.74) is 0.922. The lowest BCUT2D eigenvalue weighted by Gasteiger charge is -2.17. The predicted molar refractivity (Wildman–Crippen MR) is 132 cm³/mol. The van der Waals surface area contributed by atoms with Crippen LogP contribution in [0.3, 0.4) is 0 Å². The van der Waals surface area contributed by atoms with E-state index >= 15 is 0 Å². The van der Waals surface area contributed by atoms with E-state index < -0.39 is 5.82 Å². The molecule has 0 unspecified atom stereocenters. The summed E-state index contributed by atoms with van der Waals surface area (Å²) in [5, 5.41) is 0.903. The maximum absolute atomic E-state index is 14.8. The minimum Gasteiger partial charge on any atom is -0.464 e. The molecule has 0 saturated carbocycles. The molecule has 176 valence electrons. The lowest BCUT2D eigenvalue weighted by Crippen LogP contribution is -2.28. The van der Waals surface area contributed by atoms with Gasteiger partial charge in [0, 0.05) is 11.9 Å². The Bertz CT molecular complexity index is 1440. The van der Waals surface area contributed by atoms with Crippen LogP contribution in [0.25, 0.3) is 15.9 Å². The Hall–Kier alpha value is -2.91. The molecule has 0 fully saturated rings. The standard InChI is InChI=1S/C25H24FN3O3S2/c1-15-11-12-16(32-15)13-28(2)21(30)14-33-25-27-23-22(17-7-3-6-10-20(17)34-23)24(31)29(25)19-9-5-4-8-18(19)26/h4-5,8-9,11-12H,3,6-7,10,13-14H2,1-2H3. The number of hydrogen-bond acceptors (Lipinski definition) is 6. The first-order valence-corrected chi connectivity index (χ1v) is 13.0. The number of hydrogen-bond donors (Lipinski definition) is 0. The molecule has 0 aliphatic heterocycles. The van der Waals surface area contributed by atoms with Crippen molar-refractivity contribution in [2.45, 2.75) is 44.3 Å². The number of benzene rings is 1. The summed E-state index contributed by atoms with van der Waals surface area (Å²) in [6, 6.07) is 9.88. The monoisotopic (exact) mass is 497 g/mol. The van der Waals surface area contributed by atoms with Crippen LogP contribution in [0.1, 0.15) is 34.8 Å². The number of carbonyl (C=O) groups excluding carboxylic acids is 1. The van der Waals surface area contributed by atoms with E-state index in [1.54, 1.807) is 41.5 Å². The Morgan fingerprint density at radius 3 is 2.79 bits per heavy atom. The van der Waals surface area contributed by atoms with Crippen LogP contribution in [0, 0.1) is 12.7 Å². The van der Waals surface area contributed by atoms with Gasteiger partial charge in [0.25, 0.3) is 5.56 Å². The first-order chi connectivity index (χ1) is 16.4. The summed E-state index contributed by atoms with van der Waals surface area (Å²) in [5.74, 6) is 0.904. The predicted octanol–water partition coefficient (Wildman–Crippen LogP) is 5.12. The van der Waals surface area contributed by atoms with Crippen LogP contribution >= 0.6 is 23.1 Å². The molecular weight excluding hydrogens is 473 g/mol. The van der Waals surface area contributed by atoms with Crippen molar-refractivity contribution in [3.8, 4) is 5.69 Å². The number of carbonyl (C=O) groups is 1. The van der Waals surface area contributed by atoms with Crippen LogP contribution in [0.4, 0.5) is 4.39 Å². The zero-order chi connectivity index (χ0) is 23.8. The molecule has 0 radical (unpaired) electrons. The van der Waals surface area contributed by atoms with Gasteiger partial charge in [-0.2, -0.15) is 0 Å². The van der Waals surface area contributed by atoms with Crippen molar-refractivity contribution in [1.29, 1.82) is 0 Å². The summed E-state index contributed by atoms with van der Waals surface area (Å²) in [6.07, 6.45) is 3.91. The molecule has 1 aromatic carbocycles. The van der Waals surface area contributed by atoms with Crippen LogP contribution in [-0.2, 0) is 24.2 Å². The van der Waals surface area contributed by atoms with Crippen LogP contribution in [-0.4, -0.2) is 33.2 Å². The highest BCUT2D eigenvalue weighted by Crippen LogP contribution is 2.35. The van der Waals surface area contributed by atoms with E-state index in [1.165, 1.54) is 15.5 Å². The average molecular weight is 498 g/mol. The fourth-order valence-electron chi connectivity index (χ4n) is 4.26. The number of fused-ring (bicyclic) bond motifs is 3. The summed E-state index contributed by atoms with van der Waals surface area (Å²) < 4.78 is 21.7. The Balaban J connectivity index is 1.50. The van der Waals surface area contributed by atoms with Crippen molar-refractivity contribution in [2.24, 2.45) is 0 Å². The summed E-state index contributed by atoms with van der Waals surface area (Å²) in [6.45, 7) is 2.20. The first-order valence-electron chi connectivity index (χ1n) is 11.2. The van der Waals surface area contributed by atoms with Crippen LogP contribution in [0.15, 0.2) is 50.8 Å². The number of thiophene rings is 1. The lowest BCUT2D eigenvalue weighted by atomic mass is 9.97. The third kappa shape index (κ3) is 4.30. The summed E-state index contributed by atoms with van der Waals surface area (Å²) in [7, 11) is 1.70. The van der Waals surface area contributed by atoms with Gasteiger partial charge in [-0.05, 0) is 62.4 Å². The van der Waals surface area contributed by atoms with E-state index in [4.69, 9.17) is 9.40 Å². The van der Waals surface area contributed by atoms with Gasteiger partial charge in [0.05, 0.1) is 23.4 Å². The number of aryl methyl sites for hydroxylation is 3. The number of para-hydroxylation sites is 1. The van der Waals surface area contributed by atoms with E-state index in [2.05, 4.69) is 0 Å². The molecule has 0 atom stereocenters. The Kier molecular flexibility index (Phi) is 6.31. The largest absolute Gasteiger partial charge is 0.464 e. The molecule has 1 aliphatic rings. The number of amides is 1. The number of rotatable bonds is 6. The number of thioether (sulfide) groups is 1. The Morgan fingerprint density at radius 1 is 1.24 bits per heavy atom. The second-order valence-corrected chi connectivity index (χ2v) is 10.5. The van der Waals surface area contributed by atoms with E-state index in [9.17, 15) is 14.0 Å². The van der Waals surface area contributed by atoms with Gasteiger partial charge in [-0.25, -0.2) is 9.37 Å². The Morgan fingerprint density at radius 2 is 2.03 bits per heavy atom. The van der Waals surface area contributed by atoms with E-state index in [1.807, 2.05) is 19.1 Å². The third-order valence-electron chi connectivity index (χ3n) is 5.99. The highest BCUT2D eigenvalue weighted by atomic mass is 32.2. The van der Waals surface area contributed by atoms with Crippen LogP contribution in [0.5, 0.6) is 0 Å². The maximum Gasteiger partial charge on any atom is 0.267 e. The molecule has 1 amide bonds. The smallest absolute Gasteiger partial charge is 0.267 e. The van der Waals surface area contributed by atoms with Gasteiger partial charge < -0.3 is 9.32 Å². The zero-order valence-electron chi connectivity index (χ0n) is 19.0. The van der Waals surface area contributed by atoms with Gasteiger partial charge in [-0.3, -0.25) is 14.2 Å². The quantitative estimate of drug-likeness (QED) is 0.273. The van der Waals surface area contributed by atoms with Gasteiger partial charge in [-0.15, -0.1) is 11.3 Å². The van der Waals surface area contributed by atoms with Crippen molar-refractivity contribution < 1.29 is 13.6 Å². The highest BCUT2D eigenvalue weighted by Gasteiger charge is 2.24. The van der Waals surface area contributed by atoms with Crippen molar-refractivity contribution in [2.75, 3.05) is 12.8 Å². The second-order valence-electron chi connectivity index (χ2n) is 8.43. The van der Waals surface area contributed by atoms with Gasteiger partial charge in [0.2, 0.25) is 5.91 Å². The molecule has 0 saturated heterocycles. The molecule has 3 heterocycles. The van der Waals surface area contributed by atoms with Crippen molar-refractivity contribution in [3.05, 3.63) is 74.5 Å². The molecule has 0 N–H and O–H groups in total. The van der Waals surface area contributed by atoms with Gasteiger partial charge in [-0.1, -0.05) is 23.9 Å². The summed E-state index contributed by atoms with van der Waals surface area (Å²) in [4.78, 5) is 34.7. The normalized spacial score (nSPS) is 13.3. The van der Waals surface area contributed by atoms with Gasteiger partial charge in [0.15, 0.2) is 5.16 Å². The third-order valence-corrected chi connectivity index (χ3v) is 8.10. The number of aromatic nitrogens is 2. The Labute approximate surface area is 204 Å². The minimum absolute atomic E-state index is 0.0632. The number of furan rings is 1. The SMILES string of the molecule is Cc1ccc(CN(C)C(=O)CSc2nc3sc4c(c3c(=O)n2-c2ccccc2F)CCCC4)o1. The molecule has 0 spiro atoms. The van der Waals surface area contributed by atoms with Crippen molar-refractivity contribution in [1.82, 2.24) is 14.5 Å². The van der Waals surface area contributed by atoms with Crippen LogP contribution in [0.2, 0.25) is 0 Å². The van der Waals surface area contributed by atoms with Gasteiger partial charge in [0.1, 0.15) is 22.2 Å². The molecule has 5 rings (SSSR count). The van der Waals surface area contributed by atoms with E-state index in [0.717, 1.165) is 48.8 Å². The molecule has 6 nitrogen and oxygen atoms in total. The fraction of sp³-hybridized carbons (Fsp3) is 0.320. The van der Waals surface area contributed by atoms with E-state index in [0.29, 0.717) is 27.7 Å². The molecule has 4 aromatic rings. The maximum atomic E-state index is 14.8. The molecule has 9 heteroatoms. The topological polar surface area (TPSA) is 68.3 Å². The van der Waals surface area contributed by atoms with Crippen LogP contribution < -0.4 is 5.56 Å². The van der Waals surface area contributed by atoms with Crippen molar-refractivity contribution in [3.63, 3.8) is 0 Å². The molecule has 34 heavy (non-hydrogen) atoms. The summed E-state index contributed by atoms with van der Waals surface area (Å²) >= 11 is 2.69. The molecule has 3 aromatic heterocycles. The molecule has 1 aliphatic carbocycles. The second kappa shape index (κ2) is 9.38. The van der Waals surface area contributed by atoms with Gasteiger partial charge >= 0.3 is 0 Å². The lowest BCUT2D eigenvalue weighted by molar-refractivity contribution is -0.127. The fourth-order valence-corrected chi connectivity index (χ4v) is 6.51. The zero-order valence-corrected chi connectivity index (χ0v) is 20.6. The number of halogens is 1. The average Bonchev–Trinajstić information content (AvgIpc) is 3.41. The first kappa shape index (κ1) is 22.9. The minimum atomic E-state index is -0.506.